The van der Waals surface area contributed by atoms with Crippen LogP contribution < -0.4 is 10.6 Å². The summed E-state index contributed by atoms with van der Waals surface area (Å²) in [4.78, 5) is 6.53. The second kappa shape index (κ2) is 5.93. The van der Waals surface area contributed by atoms with Crippen LogP contribution in [0.2, 0.25) is 5.02 Å². The Morgan fingerprint density at radius 2 is 2.20 bits per heavy atom. The van der Waals surface area contributed by atoms with E-state index in [9.17, 15) is 0 Å². The van der Waals surface area contributed by atoms with Gasteiger partial charge in [-0.15, -0.1) is 0 Å². The molecule has 0 unspecified atom stereocenters. The van der Waals surface area contributed by atoms with Gasteiger partial charge in [0.25, 0.3) is 0 Å². The van der Waals surface area contributed by atoms with Crippen molar-refractivity contribution in [2.24, 2.45) is 5.73 Å². The number of pyridine rings is 1. The van der Waals surface area contributed by atoms with Crippen molar-refractivity contribution < 1.29 is 0 Å². The quantitative estimate of drug-likeness (QED) is 0.840. The first-order valence-corrected chi connectivity index (χ1v) is 5.70. The second-order valence-corrected chi connectivity index (χ2v) is 3.82. The van der Waals surface area contributed by atoms with E-state index in [1.807, 2.05) is 6.07 Å². The average molecular weight is 228 g/mol. The Morgan fingerprint density at radius 1 is 1.47 bits per heavy atom. The summed E-state index contributed by atoms with van der Waals surface area (Å²) in [7, 11) is 0. The van der Waals surface area contributed by atoms with Gasteiger partial charge in [0.2, 0.25) is 0 Å². The summed E-state index contributed by atoms with van der Waals surface area (Å²) in [6.07, 6.45) is 2.79. The second-order valence-electron chi connectivity index (χ2n) is 3.42. The molecule has 1 aromatic rings. The van der Waals surface area contributed by atoms with Gasteiger partial charge in [0.05, 0.1) is 5.02 Å². The molecule has 1 rings (SSSR count). The minimum atomic E-state index is 0.456. The monoisotopic (exact) mass is 227 g/mol. The molecule has 0 bridgehead atoms. The standard InChI is InChI=1S/C11H18ClN3/c1-3-5-15(4-2)11-6-9(7-13)10(12)8-14-11/h6,8H,3-5,7,13H2,1-2H3. The number of rotatable bonds is 5. The highest BCUT2D eigenvalue weighted by molar-refractivity contribution is 6.31. The molecular weight excluding hydrogens is 210 g/mol. The van der Waals surface area contributed by atoms with E-state index in [1.54, 1.807) is 6.20 Å². The maximum Gasteiger partial charge on any atom is 0.128 e. The molecule has 0 aliphatic heterocycles. The summed E-state index contributed by atoms with van der Waals surface area (Å²) in [6, 6.07) is 1.97. The number of aromatic nitrogens is 1. The largest absolute Gasteiger partial charge is 0.357 e. The van der Waals surface area contributed by atoms with Crippen molar-refractivity contribution in [3.8, 4) is 0 Å². The molecule has 15 heavy (non-hydrogen) atoms. The van der Waals surface area contributed by atoms with E-state index in [1.165, 1.54) is 0 Å². The topological polar surface area (TPSA) is 42.1 Å². The Hall–Kier alpha value is -0.800. The molecular formula is C11H18ClN3. The lowest BCUT2D eigenvalue weighted by Gasteiger charge is -2.21. The van der Waals surface area contributed by atoms with E-state index in [2.05, 4.69) is 23.7 Å². The predicted molar refractivity (Wildman–Crippen MR) is 65.3 cm³/mol. The first-order valence-electron chi connectivity index (χ1n) is 5.32. The van der Waals surface area contributed by atoms with Crippen LogP contribution in [0.4, 0.5) is 5.82 Å². The lowest BCUT2D eigenvalue weighted by Crippen LogP contribution is -2.24. The Bertz CT molecular complexity index is 315. The van der Waals surface area contributed by atoms with Crippen molar-refractivity contribution in [1.82, 2.24) is 4.98 Å². The molecule has 2 N–H and O–H groups in total. The van der Waals surface area contributed by atoms with E-state index in [4.69, 9.17) is 17.3 Å². The number of halogens is 1. The Labute approximate surface area is 96.2 Å². The normalized spacial score (nSPS) is 10.4. The van der Waals surface area contributed by atoms with Crippen molar-refractivity contribution in [3.63, 3.8) is 0 Å². The molecule has 84 valence electrons. The van der Waals surface area contributed by atoms with Crippen LogP contribution in [-0.4, -0.2) is 18.1 Å². The average Bonchev–Trinajstić information content (AvgIpc) is 2.27. The molecule has 0 spiro atoms. The fourth-order valence-electron chi connectivity index (χ4n) is 1.50. The third kappa shape index (κ3) is 3.08. The van der Waals surface area contributed by atoms with E-state index in [0.29, 0.717) is 11.6 Å². The number of hydrogen-bond donors (Lipinski definition) is 1. The predicted octanol–water partition coefficient (Wildman–Crippen LogP) is 2.43. The van der Waals surface area contributed by atoms with Crippen molar-refractivity contribution in [2.45, 2.75) is 26.8 Å². The summed E-state index contributed by atoms with van der Waals surface area (Å²) in [5.41, 5.74) is 6.56. The molecule has 0 saturated heterocycles. The highest BCUT2D eigenvalue weighted by Crippen LogP contribution is 2.20. The Morgan fingerprint density at radius 3 is 2.73 bits per heavy atom. The zero-order valence-electron chi connectivity index (χ0n) is 9.33. The third-order valence-corrected chi connectivity index (χ3v) is 2.68. The van der Waals surface area contributed by atoms with Gasteiger partial charge in [-0.25, -0.2) is 4.98 Å². The van der Waals surface area contributed by atoms with Gasteiger partial charge in [0, 0.05) is 25.8 Å². The lowest BCUT2D eigenvalue weighted by molar-refractivity contribution is 0.777. The zero-order chi connectivity index (χ0) is 11.3. The van der Waals surface area contributed by atoms with Crippen LogP contribution in [0, 0.1) is 0 Å². The molecule has 0 saturated carbocycles. The summed E-state index contributed by atoms with van der Waals surface area (Å²) in [6.45, 7) is 6.69. The van der Waals surface area contributed by atoms with Crippen LogP contribution in [0.25, 0.3) is 0 Å². The SMILES string of the molecule is CCCN(CC)c1cc(CN)c(Cl)cn1. The summed E-state index contributed by atoms with van der Waals surface area (Å²) in [5, 5.41) is 0.647. The van der Waals surface area contributed by atoms with Gasteiger partial charge in [0.15, 0.2) is 0 Å². The molecule has 0 fully saturated rings. The highest BCUT2D eigenvalue weighted by atomic mass is 35.5. The molecule has 0 aromatic carbocycles. The smallest absolute Gasteiger partial charge is 0.128 e. The Kier molecular flexibility index (Phi) is 4.85. The lowest BCUT2D eigenvalue weighted by atomic mass is 10.2. The van der Waals surface area contributed by atoms with Crippen molar-refractivity contribution in [2.75, 3.05) is 18.0 Å². The van der Waals surface area contributed by atoms with Gasteiger partial charge in [-0.2, -0.15) is 0 Å². The van der Waals surface area contributed by atoms with Gasteiger partial charge in [-0.3, -0.25) is 0 Å². The molecule has 0 atom stereocenters. The van der Waals surface area contributed by atoms with E-state index < -0.39 is 0 Å². The number of anilines is 1. The van der Waals surface area contributed by atoms with Gasteiger partial charge in [0.1, 0.15) is 5.82 Å². The number of nitrogens with zero attached hydrogens (tertiary/aromatic N) is 2. The molecule has 1 aromatic heterocycles. The van der Waals surface area contributed by atoms with Gasteiger partial charge >= 0.3 is 0 Å². The molecule has 0 aliphatic rings. The fourth-order valence-corrected chi connectivity index (χ4v) is 1.68. The van der Waals surface area contributed by atoms with Crippen molar-refractivity contribution in [1.29, 1.82) is 0 Å². The molecule has 0 aliphatic carbocycles. The maximum atomic E-state index is 5.96. The minimum Gasteiger partial charge on any atom is -0.357 e. The van der Waals surface area contributed by atoms with E-state index >= 15 is 0 Å². The highest BCUT2D eigenvalue weighted by Gasteiger charge is 2.07. The summed E-state index contributed by atoms with van der Waals surface area (Å²) in [5.74, 6) is 0.962. The van der Waals surface area contributed by atoms with Crippen LogP contribution in [0.3, 0.4) is 0 Å². The van der Waals surface area contributed by atoms with Crippen LogP contribution in [0.5, 0.6) is 0 Å². The van der Waals surface area contributed by atoms with Crippen LogP contribution in [-0.2, 0) is 6.54 Å². The summed E-state index contributed by atoms with van der Waals surface area (Å²) < 4.78 is 0. The van der Waals surface area contributed by atoms with Crippen molar-refractivity contribution in [3.05, 3.63) is 22.8 Å². The molecule has 1 heterocycles. The molecule has 0 amide bonds. The van der Waals surface area contributed by atoms with Gasteiger partial charge in [-0.05, 0) is 25.0 Å². The van der Waals surface area contributed by atoms with Gasteiger partial charge in [-0.1, -0.05) is 18.5 Å². The van der Waals surface area contributed by atoms with Crippen LogP contribution >= 0.6 is 11.6 Å². The molecule has 4 heteroatoms. The first kappa shape index (κ1) is 12.3. The fraction of sp³-hybridized carbons (Fsp3) is 0.545. The maximum absolute atomic E-state index is 5.96. The van der Waals surface area contributed by atoms with E-state index in [-0.39, 0.29) is 0 Å². The van der Waals surface area contributed by atoms with Crippen LogP contribution in [0.15, 0.2) is 12.3 Å². The molecule has 3 nitrogen and oxygen atoms in total. The number of hydrogen-bond acceptors (Lipinski definition) is 3. The van der Waals surface area contributed by atoms with Crippen molar-refractivity contribution >= 4 is 17.4 Å². The zero-order valence-corrected chi connectivity index (χ0v) is 10.1. The van der Waals surface area contributed by atoms with Gasteiger partial charge < -0.3 is 10.6 Å². The molecule has 0 radical (unpaired) electrons. The third-order valence-electron chi connectivity index (χ3n) is 2.34. The minimum absolute atomic E-state index is 0.456. The Balaban J connectivity index is 2.92. The summed E-state index contributed by atoms with van der Waals surface area (Å²) >= 11 is 5.96. The number of nitrogens with two attached hydrogens (primary N) is 1. The van der Waals surface area contributed by atoms with Crippen LogP contribution in [0.1, 0.15) is 25.8 Å². The first-order chi connectivity index (χ1) is 7.22. The van der Waals surface area contributed by atoms with E-state index in [0.717, 1.165) is 30.9 Å².